The van der Waals surface area contributed by atoms with Crippen LogP contribution >= 0.6 is 0 Å². The zero-order chi connectivity index (χ0) is 20.2. The van der Waals surface area contributed by atoms with Crippen molar-refractivity contribution in [1.29, 1.82) is 5.26 Å². The summed E-state index contributed by atoms with van der Waals surface area (Å²) in [6.07, 6.45) is 0. The van der Waals surface area contributed by atoms with Gasteiger partial charge in [0, 0.05) is 32.3 Å². The van der Waals surface area contributed by atoms with Crippen molar-refractivity contribution in [1.82, 2.24) is 10.6 Å². The number of nitrogens with zero attached hydrogens (tertiary/aromatic N) is 2. The number of aliphatic imine (C=N–C) groups is 1. The van der Waals surface area contributed by atoms with Crippen molar-refractivity contribution in [3.05, 3.63) is 64.7 Å². The SMILES string of the molecule is CCOCCOc1cc(C)ccc1CNC(=NC)NCc1ccc(C#N)cc1. The Morgan fingerprint density at radius 3 is 2.50 bits per heavy atom. The zero-order valence-electron chi connectivity index (χ0n) is 16.8. The van der Waals surface area contributed by atoms with Crippen LogP contribution in [0, 0.1) is 18.3 Å². The van der Waals surface area contributed by atoms with Crippen LogP contribution in [0.2, 0.25) is 0 Å². The van der Waals surface area contributed by atoms with Gasteiger partial charge in [-0.15, -0.1) is 0 Å². The smallest absolute Gasteiger partial charge is 0.191 e. The Bertz CT molecular complexity index is 810. The van der Waals surface area contributed by atoms with E-state index in [1.54, 1.807) is 7.05 Å². The highest BCUT2D eigenvalue weighted by Crippen LogP contribution is 2.20. The highest BCUT2D eigenvalue weighted by atomic mass is 16.5. The Morgan fingerprint density at radius 2 is 1.82 bits per heavy atom. The van der Waals surface area contributed by atoms with Crippen molar-refractivity contribution in [2.24, 2.45) is 4.99 Å². The van der Waals surface area contributed by atoms with E-state index in [1.807, 2.05) is 44.2 Å². The number of nitrogens with one attached hydrogen (secondary N) is 2. The van der Waals surface area contributed by atoms with E-state index < -0.39 is 0 Å². The minimum Gasteiger partial charge on any atom is -0.491 e. The van der Waals surface area contributed by atoms with Crippen LogP contribution in [0.3, 0.4) is 0 Å². The van der Waals surface area contributed by atoms with Crippen LogP contribution in [0.5, 0.6) is 5.75 Å². The number of benzene rings is 2. The number of rotatable bonds is 9. The highest BCUT2D eigenvalue weighted by Gasteiger charge is 2.06. The quantitative estimate of drug-likeness (QED) is 0.397. The zero-order valence-corrected chi connectivity index (χ0v) is 16.8. The highest BCUT2D eigenvalue weighted by molar-refractivity contribution is 5.79. The molecule has 0 aliphatic rings. The maximum atomic E-state index is 8.87. The molecule has 2 N–H and O–H groups in total. The minimum atomic E-state index is 0.524. The Hall–Kier alpha value is -3.04. The number of nitriles is 1. The van der Waals surface area contributed by atoms with Gasteiger partial charge in [0.15, 0.2) is 5.96 Å². The van der Waals surface area contributed by atoms with Gasteiger partial charge in [-0.05, 0) is 43.2 Å². The van der Waals surface area contributed by atoms with E-state index in [2.05, 4.69) is 33.8 Å². The van der Waals surface area contributed by atoms with Crippen molar-refractivity contribution in [2.45, 2.75) is 26.9 Å². The summed E-state index contributed by atoms with van der Waals surface area (Å²) in [4.78, 5) is 4.27. The molecule has 0 heterocycles. The number of hydrogen-bond donors (Lipinski definition) is 2. The number of hydrogen-bond acceptors (Lipinski definition) is 4. The molecule has 2 rings (SSSR count). The summed E-state index contributed by atoms with van der Waals surface area (Å²) in [5.41, 5.74) is 3.95. The molecule has 0 bridgehead atoms. The third-order valence-corrected chi connectivity index (χ3v) is 4.12. The van der Waals surface area contributed by atoms with Gasteiger partial charge in [-0.25, -0.2) is 0 Å². The lowest BCUT2D eigenvalue weighted by Gasteiger charge is -2.15. The van der Waals surface area contributed by atoms with Crippen molar-refractivity contribution >= 4 is 5.96 Å². The van der Waals surface area contributed by atoms with E-state index in [0.29, 0.717) is 44.4 Å². The molecule has 0 saturated heterocycles. The lowest BCUT2D eigenvalue weighted by molar-refractivity contribution is 0.110. The topological polar surface area (TPSA) is 78.7 Å². The predicted molar refractivity (Wildman–Crippen MR) is 111 cm³/mol. The van der Waals surface area contributed by atoms with Crippen molar-refractivity contribution in [3.8, 4) is 11.8 Å². The monoisotopic (exact) mass is 380 g/mol. The van der Waals surface area contributed by atoms with Gasteiger partial charge in [0.1, 0.15) is 12.4 Å². The van der Waals surface area contributed by atoms with Gasteiger partial charge in [-0.3, -0.25) is 4.99 Å². The summed E-state index contributed by atoms with van der Waals surface area (Å²) < 4.78 is 11.2. The normalized spacial score (nSPS) is 11.0. The number of aryl methyl sites for hydroxylation is 1. The van der Waals surface area contributed by atoms with Crippen molar-refractivity contribution < 1.29 is 9.47 Å². The van der Waals surface area contributed by atoms with Crippen molar-refractivity contribution in [2.75, 3.05) is 26.9 Å². The second-order valence-electron chi connectivity index (χ2n) is 6.24. The summed E-state index contributed by atoms with van der Waals surface area (Å²) in [7, 11) is 1.74. The Labute approximate surface area is 167 Å². The summed E-state index contributed by atoms with van der Waals surface area (Å²) in [6, 6.07) is 15.8. The van der Waals surface area contributed by atoms with Gasteiger partial charge in [-0.1, -0.05) is 24.3 Å². The standard InChI is InChI=1S/C22H28N4O2/c1-4-27-11-12-28-21-13-17(2)5-10-20(21)16-26-22(24-3)25-15-19-8-6-18(14-23)7-9-19/h5-10,13H,4,11-12,15-16H2,1-3H3,(H2,24,25,26). The Balaban J connectivity index is 1.90. The maximum absolute atomic E-state index is 8.87. The first-order chi connectivity index (χ1) is 13.7. The maximum Gasteiger partial charge on any atom is 0.191 e. The first-order valence-corrected chi connectivity index (χ1v) is 9.40. The largest absolute Gasteiger partial charge is 0.491 e. The third kappa shape index (κ3) is 6.93. The Kier molecular flexibility index (Phi) is 8.83. The van der Waals surface area contributed by atoms with Gasteiger partial charge in [0.05, 0.1) is 18.2 Å². The molecule has 0 aliphatic carbocycles. The third-order valence-electron chi connectivity index (χ3n) is 4.12. The van der Waals surface area contributed by atoms with Crippen LogP contribution in [0.15, 0.2) is 47.5 Å². The average Bonchev–Trinajstić information content (AvgIpc) is 2.73. The molecule has 148 valence electrons. The van der Waals surface area contributed by atoms with Crippen LogP contribution in [-0.2, 0) is 17.8 Å². The molecule has 2 aromatic rings. The first-order valence-electron chi connectivity index (χ1n) is 9.40. The van der Waals surface area contributed by atoms with Crippen LogP contribution in [0.25, 0.3) is 0 Å². The molecule has 6 nitrogen and oxygen atoms in total. The molecule has 0 unspecified atom stereocenters. The lowest BCUT2D eigenvalue weighted by atomic mass is 10.1. The van der Waals surface area contributed by atoms with Gasteiger partial charge in [0.2, 0.25) is 0 Å². The molecule has 0 saturated carbocycles. The Morgan fingerprint density at radius 1 is 1.07 bits per heavy atom. The summed E-state index contributed by atoms with van der Waals surface area (Å²) in [5.74, 6) is 1.56. The summed E-state index contributed by atoms with van der Waals surface area (Å²) in [6.45, 7) is 7.02. The molecule has 0 amide bonds. The van der Waals surface area contributed by atoms with Gasteiger partial charge in [0.25, 0.3) is 0 Å². The predicted octanol–water partition coefficient (Wildman–Crippen LogP) is 3.15. The molecule has 0 spiro atoms. The second-order valence-corrected chi connectivity index (χ2v) is 6.24. The van der Waals surface area contributed by atoms with Crippen LogP contribution in [0.1, 0.15) is 29.2 Å². The number of guanidine groups is 1. The molecular formula is C22H28N4O2. The van der Waals surface area contributed by atoms with Crippen LogP contribution in [0.4, 0.5) is 0 Å². The molecule has 0 fully saturated rings. The molecule has 6 heteroatoms. The van der Waals surface area contributed by atoms with Crippen LogP contribution in [-0.4, -0.2) is 32.8 Å². The van der Waals surface area contributed by atoms with E-state index in [-0.39, 0.29) is 0 Å². The number of ether oxygens (including phenoxy) is 2. The molecule has 0 atom stereocenters. The molecular weight excluding hydrogens is 352 g/mol. The fraction of sp³-hybridized carbons (Fsp3) is 0.364. The first kappa shape index (κ1) is 21.3. The summed E-state index contributed by atoms with van der Waals surface area (Å²) in [5, 5.41) is 15.5. The molecule has 0 radical (unpaired) electrons. The van der Waals surface area contributed by atoms with Gasteiger partial charge in [-0.2, -0.15) is 5.26 Å². The fourth-order valence-electron chi connectivity index (χ4n) is 2.58. The van der Waals surface area contributed by atoms with E-state index in [1.165, 1.54) is 0 Å². The van der Waals surface area contributed by atoms with Crippen LogP contribution < -0.4 is 15.4 Å². The second kappa shape index (κ2) is 11.6. The fourth-order valence-corrected chi connectivity index (χ4v) is 2.58. The van der Waals surface area contributed by atoms with Gasteiger partial charge < -0.3 is 20.1 Å². The molecule has 0 aromatic heterocycles. The van der Waals surface area contributed by atoms with E-state index >= 15 is 0 Å². The molecule has 0 aliphatic heterocycles. The van der Waals surface area contributed by atoms with E-state index in [4.69, 9.17) is 14.7 Å². The molecule has 2 aromatic carbocycles. The van der Waals surface area contributed by atoms with E-state index in [9.17, 15) is 0 Å². The lowest BCUT2D eigenvalue weighted by Crippen LogP contribution is -2.36. The van der Waals surface area contributed by atoms with Crippen molar-refractivity contribution in [3.63, 3.8) is 0 Å². The average molecular weight is 380 g/mol. The minimum absolute atomic E-state index is 0.524. The summed E-state index contributed by atoms with van der Waals surface area (Å²) >= 11 is 0. The van der Waals surface area contributed by atoms with Gasteiger partial charge >= 0.3 is 0 Å². The van der Waals surface area contributed by atoms with E-state index in [0.717, 1.165) is 22.4 Å². The molecule has 28 heavy (non-hydrogen) atoms.